The average molecular weight is 300 g/mol. The molecule has 0 aliphatic rings. The predicted molar refractivity (Wildman–Crippen MR) is 79.5 cm³/mol. The van der Waals surface area contributed by atoms with E-state index in [1.165, 1.54) is 7.11 Å². The quantitative estimate of drug-likeness (QED) is 0.884. The number of rotatable bonds is 3. The van der Waals surface area contributed by atoms with Crippen molar-refractivity contribution < 1.29 is 14.3 Å². The minimum atomic E-state index is -0.519. The second-order valence-corrected chi connectivity index (χ2v) is 5.20. The number of hydrogen-bond acceptors (Lipinski definition) is 5. The van der Waals surface area contributed by atoms with Crippen molar-refractivity contribution in [1.82, 2.24) is 0 Å². The molecule has 0 aliphatic carbocycles. The van der Waals surface area contributed by atoms with Gasteiger partial charge in [-0.25, -0.2) is 4.79 Å². The molecule has 21 heavy (non-hydrogen) atoms. The lowest BCUT2D eigenvalue weighted by atomic mass is 10.1. The molecule has 0 unspecified atom stereocenters. The molecular weight excluding hydrogens is 288 g/mol. The molecule has 106 valence electrons. The Morgan fingerprint density at radius 2 is 1.95 bits per heavy atom. The summed E-state index contributed by atoms with van der Waals surface area (Å²) in [6.45, 7) is 1.65. The Morgan fingerprint density at radius 3 is 2.52 bits per heavy atom. The number of hydrogen-bond donors (Lipinski definition) is 1. The number of methoxy groups -OCH3 is 1. The molecule has 2 aromatic rings. The number of anilines is 1. The number of nitriles is 1. The van der Waals surface area contributed by atoms with Crippen LogP contribution in [0.2, 0.25) is 0 Å². The summed E-state index contributed by atoms with van der Waals surface area (Å²) in [6, 6.07) is 10.7. The number of thiophene rings is 1. The first kappa shape index (κ1) is 14.8. The third-order valence-electron chi connectivity index (χ3n) is 2.89. The van der Waals surface area contributed by atoms with Crippen LogP contribution in [0.3, 0.4) is 0 Å². The summed E-state index contributed by atoms with van der Waals surface area (Å²) >= 11 is 1.04. The summed E-state index contributed by atoms with van der Waals surface area (Å²) < 4.78 is 4.67. The lowest BCUT2D eigenvalue weighted by Crippen LogP contribution is -2.11. The van der Waals surface area contributed by atoms with Gasteiger partial charge in [-0.05, 0) is 24.6 Å². The second kappa shape index (κ2) is 6.20. The highest BCUT2D eigenvalue weighted by atomic mass is 32.1. The second-order valence-electron chi connectivity index (χ2n) is 4.18. The Morgan fingerprint density at radius 1 is 1.29 bits per heavy atom. The number of nitrogens with one attached hydrogen (secondary N) is 1. The van der Waals surface area contributed by atoms with Crippen LogP contribution in [-0.2, 0) is 4.74 Å². The molecule has 0 fully saturated rings. The van der Waals surface area contributed by atoms with Crippen LogP contribution >= 0.6 is 11.3 Å². The number of benzene rings is 1. The molecule has 1 amide bonds. The van der Waals surface area contributed by atoms with Crippen molar-refractivity contribution in [1.29, 1.82) is 5.26 Å². The molecule has 2 rings (SSSR count). The van der Waals surface area contributed by atoms with Crippen molar-refractivity contribution in [2.45, 2.75) is 6.92 Å². The van der Waals surface area contributed by atoms with Gasteiger partial charge in [0.25, 0.3) is 5.91 Å². The van der Waals surface area contributed by atoms with Crippen molar-refractivity contribution in [3.8, 4) is 6.07 Å². The zero-order valence-corrected chi connectivity index (χ0v) is 12.3. The standard InChI is InChI=1S/C15H12N2O3S/c1-9-11(8-16)14(21-12(9)15(19)20-2)17-13(18)10-6-4-3-5-7-10/h3-7H,1-2H3,(H,17,18). The van der Waals surface area contributed by atoms with Crippen LogP contribution in [0.15, 0.2) is 30.3 Å². The van der Waals surface area contributed by atoms with Crippen LogP contribution in [0.1, 0.15) is 31.2 Å². The van der Waals surface area contributed by atoms with E-state index < -0.39 is 5.97 Å². The van der Waals surface area contributed by atoms with Gasteiger partial charge in [0, 0.05) is 5.56 Å². The Labute approximate surface area is 125 Å². The SMILES string of the molecule is COC(=O)c1sc(NC(=O)c2ccccc2)c(C#N)c1C. The molecule has 1 aromatic carbocycles. The van der Waals surface area contributed by atoms with E-state index >= 15 is 0 Å². The maximum absolute atomic E-state index is 12.1. The minimum absolute atomic E-state index is 0.282. The monoisotopic (exact) mass is 300 g/mol. The lowest BCUT2D eigenvalue weighted by molar-refractivity contribution is 0.0605. The van der Waals surface area contributed by atoms with Gasteiger partial charge in [0.1, 0.15) is 15.9 Å². The Hall–Kier alpha value is -2.65. The maximum Gasteiger partial charge on any atom is 0.348 e. The highest BCUT2D eigenvalue weighted by Crippen LogP contribution is 2.33. The van der Waals surface area contributed by atoms with E-state index in [0.717, 1.165) is 11.3 Å². The van der Waals surface area contributed by atoms with Crippen molar-refractivity contribution in [3.63, 3.8) is 0 Å². The number of esters is 1. The van der Waals surface area contributed by atoms with Crippen LogP contribution in [0.4, 0.5) is 5.00 Å². The molecule has 1 heterocycles. The van der Waals surface area contributed by atoms with Crippen molar-refractivity contribution >= 4 is 28.2 Å². The molecule has 0 aliphatic heterocycles. The van der Waals surface area contributed by atoms with Crippen LogP contribution < -0.4 is 5.32 Å². The van der Waals surface area contributed by atoms with Crippen molar-refractivity contribution in [2.75, 3.05) is 12.4 Å². The number of amides is 1. The predicted octanol–water partition coefficient (Wildman–Crippen LogP) is 2.97. The van der Waals surface area contributed by atoms with E-state index in [1.807, 2.05) is 12.1 Å². The van der Waals surface area contributed by atoms with E-state index in [1.54, 1.807) is 31.2 Å². The largest absolute Gasteiger partial charge is 0.465 e. The smallest absolute Gasteiger partial charge is 0.348 e. The minimum Gasteiger partial charge on any atom is -0.465 e. The van der Waals surface area contributed by atoms with E-state index in [9.17, 15) is 14.9 Å². The van der Waals surface area contributed by atoms with Gasteiger partial charge in [0.2, 0.25) is 0 Å². The molecule has 0 atom stereocenters. The molecule has 0 saturated carbocycles. The number of ether oxygens (including phenoxy) is 1. The van der Waals surface area contributed by atoms with Gasteiger partial charge in [-0.1, -0.05) is 18.2 Å². The Kier molecular flexibility index (Phi) is 4.36. The van der Waals surface area contributed by atoms with Gasteiger partial charge < -0.3 is 10.1 Å². The third kappa shape index (κ3) is 2.93. The van der Waals surface area contributed by atoms with Gasteiger partial charge in [-0.3, -0.25) is 4.79 Å². The molecule has 1 aromatic heterocycles. The molecule has 0 saturated heterocycles. The van der Waals surface area contributed by atoms with Crippen LogP contribution in [0.25, 0.3) is 0 Å². The first-order chi connectivity index (χ1) is 10.1. The van der Waals surface area contributed by atoms with Gasteiger partial charge in [-0.2, -0.15) is 5.26 Å². The summed E-state index contributed by atoms with van der Waals surface area (Å²) in [7, 11) is 1.27. The zero-order valence-electron chi connectivity index (χ0n) is 11.5. The van der Waals surface area contributed by atoms with Gasteiger partial charge >= 0.3 is 5.97 Å². The molecular formula is C15H12N2O3S. The summed E-state index contributed by atoms with van der Waals surface area (Å²) in [5.74, 6) is -0.848. The summed E-state index contributed by atoms with van der Waals surface area (Å²) in [4.78, 5) is 24.1. The van der Waals surface area contributed by atoms with Gasteiger partial charge in [0.05, 0.1) is 12.7 Å². The molecule has 0 radical (unpaired) electrons. The highest BCUT2D eigenvalue weighted by molar-refractivity contribution is 7.18. The fraction of sp³-hybridized carbons (Fsp3) is 0.133. The Bertz CT molecular complexity index is 729. The first-order valence-corrected chi connectivity index (χ1v) is 6.88. The van der Waals surface area contributed by atoms with E-state index in [2.05, 4.69) is 10.1 Å². The van der Waals surface area contributed by atoms with E-state index in [0.29, 0.717) is 21.0 Å². The van der Waals surface area contributed by atoms with Gasteiger partial charge in [0.15, 0.2) is 0 Å². The first-order valence-electron chi connectivity index (χ1n) is 6.06. The fourth-order valence-corrected chi connectivity index (χ4v) is 2.86. The van der Waals surface area contributed by atoms with Crippen LogP contribution in [-0.4, -0.2) is 19.0 Å². The lowest BCUT2D eigenvalue weighted by Gasteiger charge is -2.02. The van der Waals surface area contributed by atoms with E-state index in [-0.39, 0.29) is 11.5 Å². The van der Waals surface area contributed by atoms with E-state index in [4.69, 9.17) is 0 Å². The number of nitrogens with zero attached hydrogens (tertiary/aromatic N) is 1. The number of carbonyl (C=O) groups excluding carboxylic acids is 2. The topological polar surface area (TPSA) is 79.2 Å². The molecule has 0 bridgehead atoms. The van der Waals surface area contributed by atoms with Crippen molar-refractivity contribution in [3.05, 3.63) is 51.9 Å². The normalized spacial score (nSPS) is 9.76. The summed E-state index contributed by atoms with van der Waals surface area (Å²) in [5, 5.41) is 12.2. The maximum atomic E-state index is 12.1. The molecule has 5 nitrogen and oxygen atoms in total. The summed E-state index contributed by atoms with van der Waals surface area (Å²) in [5.41, 5.74) is 1.27. The Balaban J connectivity index is 2.35. The van der Waals surface area contributed by atoms with Crippen LogP contribution in [0.5, 0.6) is 0 Å². The highest BCUT2D eigenvalue weighted by Gasteiger charge is 2.22. The van der Waals surface area contributed by atoms with Crippen molar-refractivity contribution in [2.24, 2.45) is 0 Å². The average Bonchev–Trinajstić information content (AvgIpc) is 2.83. The zero-order chi connectivity index (χ0) is 15.4. The van der Waals surface area contributed by atoms with Gasteiger partial charge in [-0.15, -0.1) is 11.3 Å². The molecule has 1 N–H and O–H groups in total. The summed E-state index contributed by atoms with van der Waals surface area (Å²) in [6.07, 6.45) is 0. The van der Waals surface area contributed by atoms with Crippen LogP contribution in [0, 0.1) is 18.3 Å². The fourth-order valence-electron chi connectivity index (χ4n) is 1.79. The number of carbonyl (C=O) groups is 2. The molecule has 0 spiro atoms. The third-order valence-corrected chi connectivity index (χ3v) is 4.08. The molecule has 6 heteroatoms.